The Balaban J connectivity index is 1.77. The summed E-state index contributed by atoms with van der Waals surface area (Å²) in [5.74, 6) is 0.309. The summed E-state index contributed by atoms with van der Waals surface area (Å²) >= 11 is 0. The zero-order valence-corrected chi connectivity index (χ0v) is 14.2. The smallest absolute Gasteiger partial charge is 0.174 e. The van der Waals surface area contributed by atoms with Gasteiger partial charge in [-0.2, -0.15) is 0 Å². The van der Waals surface area contributed by atoms with Crippen LogP contribution in [0.4, 0.5) is 0 Å². The van der Waals surface area contributed by atoms with Gasteiger partial charge in [0.25, 0.3) is 0 Å². The molecule has 0 spiro atoms. The molecule has 0 bridgehead atoms. The molecule has 1 atom stereocenters. The normalized spacial score (nSPS) is 15.9. The number of phenols is 2. The van der Waals surface area contributed by atoms with E-state index in [0.717, 1.165) is 17.4 Å². The minimum atomic E-state index is -0.465. The lowest BCUT2D eigenvalue weighted by atomic mass is 9.95. The van der Waals surface area contributed by atoms with Gasteiger partial charge in [0.2, 0.25) is 0 Å². The molecule has 0 aromatic heterocycles. The van der Waals surface area contributed by atoms with Crippen molar-refractivity contribution in [3.63, 3.8) is 0 Å². The van der Waals surface area contributed by atoms with E-state index >= 15 is 0 Å². The van der Waals surface area contributed by atoms with Crippen LogP contribution in [0.2, 0.25) is 0 Å². The topological polar surface area (TPSA) is 76.0 Å². The average molecular weight is 340 g/mol. The van der Waals surface area contributed by atoms with Crippen LogP contribution in [0.15, 0.2) is 48.0 Å². The third kappa shape index (κ3) is 3.76. The van der Waals surface area contributed by atoms with Gasteiger partial charge < -0.3 is 19.7 Å². The van der Waals surface area contributed by atoms with E-state index in [-0.39, 0.29) is 35.0 Å². The molecule has 2 aromatic carbocycles. The second kappa shape index (κ2) is 6.89. The van der Waals surface area contributed by atoms with Crippen molar-refractivity contribution in [3.05, 3.63) is 59.2 Å². The third-order valence-corrected chi connectivity index (χ3v) is 3.98. The molecule has 2 aromatic rings. The molecular formula is C20H20O5. The summed E-state index contributed by atoms with van der Waals surface area (Å²) in [7, 11) is 0. The summed E-state index contributed by atoms with van der Waals surface area (Å²) in [5.41, 5.74) is 2.14. The molecule has 130 valence electrons. The predicted octanol–water partition coefficient (Wildman–Crippen LogP) is 4.15. The zero-order chi connectivity index (χ0) is 18.0. The number of rotatable bonds is 4. The van der Waals surface area contributed by atoms with Crippen LogP contribution in [0.25, 0.3) is 0 Å². The first-order chi connectivity index (χ1) is 11.9. The molecule has 1 aliphatic rings. The van der Waals surface area contributed by atoms with Crippen LogP contribution >= 0.6 is 0 Å². The Labute approximate surface area is 146 Å². The van der Waals surface area contributed by atoms with Crippen LogP contribution in [0.5, 0.6) is 23.0 Å². The quantitative estimate of drug-likeness (QED) is 0.818. The number of carbonyl (C=O) groups is 1. The number of allylic oxidation sites excluding steroid dienone is 1. The molecule has 0 radical (unpaired) electrons. The van der Waals surface area contributed by atoms with Gasteiger partial charge in [0.15, 0.2) is 5.78 Å². The molecule has 0 amide bonds. The number of ether oxygens (including phenoxy) is 2. The molecule has 1 heterocycles. The standard InChI is InChI=1S/C20H20O5/c1-12(2)7-8-24-15-5-3-13(4-6-15)18-11-17(23)20-16(22)9-14(21)10-19(20)25-18/h3-7,9-10,18,21-22H,8,11H2,1-2H3. The Morgan fingerprint density at radius 3 is 2.64 bits per heavy atom. The maximum Gasteiger partial charge on any atom is 0.174 e. The van der Waals surface area contributed by atoms with Gasteiger partial charge in [-0.25, -0.2) is 0 Å². The summed E-state index contributed by atoms with van der Waals surface area (Å²) in [5, 5.41) is 19.4. The van der Waals surface area contributed by atoms with Crippen molar-refractivity contribution >= 4 is 5.78 Å². The SMILES string of the molecule is CC(C)=CCOc1ccc(C2CC(=O)c3c(O)cc(O)cc3O2)cc1. The summed E-state index contributed by atoms with van der Waals surface area (Å²) < 4.78 is 11.4. The van der Waals surface area contributed by atoms with Crippen molar-refractivity contribution in [1.82, 2.24) is 0 Å². The molecular weight excluding hydrogens is 320 g/mol. The van der Waals surface area contributed by atoms with Gasteiger partial charge in [0.05, 0.1) is 6.42 Å². The van der Waals surface area contributed by atoms with E-state index in [1.807, 2.05) is 44.2 Å². The summed E-state index contributed by atoms with van der Waals surface area (Å²) in [6, 6.07) is 9.84. The number of fused-ring (bicyclic) bond motifs is 1. The Kier molecular flexibility index (Phi) is 4.65. The van der Waals surface area contributed by atoms with E-state index in [0.29, 0.717) is 6.61 Å². The van der Waals surface area contributed by atoms with Gasteiger partial charge in [-0.1, -0.05) is 17.7 Å². The van der Waals surface area contributed by atoms with E-state index in [1.54, 1.807) is 0 Å². The van der Waals surface area contributed by atoms with E-state index in [1.165, 1.54) is 11.6 Å². The highest BCUT2D eigenvalue weighted by Gasteiger charge is 2.30. The van der Waals surface area contributed by atoms with E-state index in [4.69, 9.17) is 9.47 Å². The fourth-order valence-corrected chi connectivity index (χ4v) is 2.69. The Hall–Kier alpha value is -2.95. The van der Waals surface area contributed by atoms with Crippen molar-refractivity contribution < 1.29 is 24.5 Å². The fraction of sp³-hybridized carbons (Fsp3) is 0.250. The number of ketones is 1. The lowest BCUT2D eigenvalue weighted by Gasteiger charge is -2.26. The van der Waals surface area contributed by atoms with Gasteiger partial charge in [0, 0.05) is 12.1 Å². The maximum atomic E-state index is 12.3. The van der Waals surface area contributed by atoms with Crippen LogP contribution in [0, 0.1) is 0 Å². The van der Waals surface area contributed by atoms with Gasteiger partial charge in [-0.05, 0) is 37.6 Å². The van der Waals surface area contributed by atoms with E-state index in [9.17, 15) is 15.0 Å². The molecule has 1 unspecified atom stereocenters. The fourth-order valence-electron chi connectivity index (χ4n) is 2.69. The monoisotopic (exact) mass is 340 g/mol. The molecule has 5 heteroatoms. The number of carbonyl (C=O) groups excluding carboxylic acids is 1. The van der Waals surface area contributed by atoms with Crippen LogP contribution < -0.4 is 9.47 Å². The van der Waals surface area contributed by atoms with Crippen molar-refractivity contribution in [1.29, 1.82) is 0 Å². The number of aromatic hydroxyl groups is 2. The highest BCUT2D eigenvalue weighted by molar-refractivity contribution is 6.02. The minimum Gasteiger partial charge on any atom is -0.508 e. The molecule has 0 saturated heterocycles. The minimum absolute atomic E-state index is 0.121. The molecule has 0 saturated carbocycles. The first-order valence-electron chi connectivity index (χ1n) is 8.06. The van der Waals surface area contributed by atoms with Gasteiger partial charge in [-0.3, -0.25) is 4.79 Å². The first-order valence-corrected chi connectivity index (χ1v) is 8.06. The van der Waals surface area contributed by atoms with E-state index < -0.39 is 6.10 Å². The lowest BCUT2D eigenvalue weighted by Crippen LogP contribution is -2.20. The number of phenolic OH excluding ortho intramolecular Hbond substituents is 2. The number of Topliss-reactive ketones (excluding diaryl/α,β-unsaturated/α-hetero) is 1. The zero-order valence-electron chi connectivity index (χ0n) is 14.2. The van der Waals surface area contributed by atoms with Crippen LogP contribution in [-0.4, -0.2) is 22.6 Å². The largest absolute Gasteiger partial charge is 0.508 e. The lowest BCUT2D eigenvalue weighted by molar-refractivity contribution is 0.0845. The molecule has 0 aliphatic carbocycles. The van der Waals surface area contributed by atoms with Gasteiger partial charge in [0.1, 0.15) is 41.3 Å². The highest BCUT2D eigenvalue weighted by atomic mass is 16.5. The van der Waals surface area contributed by atoms with Crippen LogP contribution in [0.1, 0.15) is 42.3 Å². The summed E-state index contributed by atoms with van der Waals surface area (Å²) in [6.45, 7) is 4.53. The number of hydrogen-bond acceptors (Lipinski definition) is 5. The number of hydrogen-bond donors (Lipinski definition) is 2. The third-order valence-electron chi connectivity index (χ3n) is 3.98. The van der Waals surface area contributed by atoms with Crippen molar-refractivity contribution in [2.24, 2.45) is 0 Å². The van der Waals surface area contributed by atoms with E-state index in [2.05, 4.69) is 0 Å². The maximum absolute atomic E-state index is 12.3. The molecule has 5 nitrogen and oxygen atoms in total. The molecule has 2 N–H and O–H groups in total. The van der Waals surface area contributed by atoms with Crippen molar-refractivity contribution in [2.45, 2.75) is 26.4 Å². The van der Waals surface area contributed by atoms with Crippen molar-refractivity contribution in [3.8, 4) is 23.0 Å². The first kappa shape index (κ1) is 16.9. The van der Waals surface area contributed by atoms with Gasteiger partial charge in [-0.15, -0.1) is 0 Å². The molecule has 25 heavy (non-hydrogen) atoms. The van der Waals surface area contributed by atoms with Crippen molar-refractivity contribution in [2.75, 3.05) is 6.61 Å². The number of benzene rings is 2. The summed E-state index contributed by atoms with van der Waals surface area (Å²) in [4.78, 5) is 12.3. The highest BCUT2D eigenvalue weighted by Crippen LogP contribution is 2.41. The second-order valence-electron chi connectivity index (χ2n) is 6.23. The van der Waals surface area contributed by atoms with Gasteiger partial charge >= 0.3 is 0 Å². The molecule has 1 aliphatic heterocycles. The van der Waals surface area contributed by atoms with Crippen LogP contribution in [-0.2, 0) is 0 Å². The summed E-state index contributed by atoms with van der Waals surface area (Å²) in [6.07, 6.45) is 1.66. The molecule has 3 rings (SSSR count). The molecule has 0 fully saturated rings. The Morgan fingerprint density at radius 2 is 1.96 bits per heavy atom. The van der Waals surface area contributed by atoms with Crippen LogP contribution in [0.3, 0.4) is 0 Å². The second-order valence-corrected chi connectivity index (χ2v) is 6.23. The Bertz CT molecular complexity index is 817. The Morgan fingerprint density at radius 1 is 1.24 bits per heavy atom. The predicted molar refractivity (Wildman–Crippen MR) is 93.5 cm³/mol. The average Bonchev–Trinajstić information content (AvgIpc) is 2.54.